The molecule has 1 N–H and O–H groups in total. The molecule has 0 saturated heterocycles. The Labute approximate surface area is 105 Å². The Bertz CT molecular complexity index is 432. The van der Waals surface area contributed by atoms with E-state index in [0.717, 1.165) is 0 Å². The number of hydrogen-bond donors (Lipinski definition) is 1. The third-order valence-corrected chi connectivity index (χ3v) is 3.20. The van der Waals surface area contributed by atoms with Crippen LogP contribution in [0.3, 0.4) is 0 Å². The lowest BCUT2D eigenvalue weighted by Gasteiger charge is -2.11. The molecule has 0 spiro atoms. The zero-order chi connectivity index (χ0) is 13.0. The van der Waals surface area contributed by atoms with Crippen LogP contribution in [0.2, 0.25) is 0 Å². The molecule has 1 aliphatic rings. The largest absolute Gasteiger partial charge is 0.476 e. The highest BCUT2D eigenvalue weighted by Gasteiger charge is 2.24. The molecule has 0 aromatic carbocycles. The van der Waals surface area contributed by atoms with Crippen LogP contribution in [0.15, 0.2) is 6.33 Å². The summed E-state index contributed by atoms with van der Waals surface area (Å²) in [5.74, 6) is 0.799. The maximum atomic E-state index is 11.0. The summed E-state index contributed by atoms with van der Waals surface area (Å²) in [6, 6.07) is 0. The maximum absolute atomic E-state index is 11.0. The zero-order valence-corrected chi connectivity index (χ0v) is 10.3. The molecule has 1 aromatic heterocycles. The van der Waals surface area contributed by atoms with Crippen molar-refractivity contribution >= 4 is 11.5 Å². The highest BCUT2D eigenvalue weighted by molar-refractivity contribution is 5.61. The molecular weight excluding hydrogens is 236 g/mol. The summed E-state index contributed by atoms with van der Waals surface area (Å²) in [5.41, 5.74) is -0.196. The zero-order valence-electron chi connectivity index (χ0n) is 10.3. The number of hydrogen-bond acceptors (Lipinski definition) is 6. The summed E-state index contributed by atoms with van der Waals surface area (Å²) >= 11 is 0. The van der Waals surface area contributed by atoms with Crippen LogP contribution in [0, 0.1) is 16.0 Å². The molecule has 0 unspecified atom stereocenters. The molecule has 18 heavy (non-hydrogen) atoms. The molecule has 0 radical (unpaired) electrons. The number of nitrogens with zero attached hydrogens (tertiary/aromatic N) is 3. The van der Waals surface area contributed by atoms with Gasteiger partial charge in [0.2, 0.25) is 5.82 Å². The van der Waals surface area contributed by atoms with Crippen LogP contribution in [0.4, 0.5) is 11.5 Å². The van der Waals surface area contributed by atoms with Gasteiger partial charge in [-0.15, -0.1) is 0 Å². The summed E-state index contributed by atoms with van der Waals surface area (Å²) in [6.45, 7) is 0.709. The highest BCUT2D eigenvalue weighted by atomic mass is 16.6. The fraction of sp³-hybridized carbons (Fsp3) is 0.636. The summed E-state index contributed by atoms with van der Waals surface area (Å²) in [6.07, 6.45) is 6.08. The Balaban J connectivity index is 2.13. The fourth-order valence-corrected chi connectivity index (χ4v) is 2.26. The molecule has 0 bridgehead atoms. The summed E-state index contributed by atoms with van der Waals surface area (Å²) in [5, 5.41) is 14.0. The molecule has 1 fully saturated rings. The average Bonchev–Trinajstić information content (AvgIpc) is 2.88. The summed E-state index contributed by atoms with van der Waals surface area (Å²) < 4.78 is 4.89. The number of aromatic nitrogens is 2. The fourth-order valence-electron chi connectivity index (χ4n) is 2.26. The highest BCUT2D eigenvalue weighted by Crippen LogP contribution is 2.31. The second-order valence-corrected chi connectivity index (χ2v) is 4.37. The lowest BCUT2D eigenvalue weighted by Crippen LogP contribution is -2.14. The number of ether oxygens (including phenoxy) is 1. The molecule has 1 saturated carbocycles. The predicted octanol–water partition coefficient (Wildman–Crippen LogP) is 2.00. The first kappa shape index (κ1) is 12.5. The molecule has 2 rings (SSSR count). The molecule has 0 amide bonds. The summed E-state index contributed by atoms with van der Waals surface area (Å²) in [4.78, 5) is 18.2. The van der Waals surface area contributed by atoms with Crippen molar-refractivity contribution in [2.24, 2.45) is 5.92 Å². The molecule has 7 heteroatoms. The quantitative estimate of drug-likeness (QED) is 0.636. The normalized spacial score (nSPS) is 15.6. The van der Waals surface area contributed by atoms with Gasteiger partial charge in [-0.2, -0.15) is 4.98 Å². The lowest BCUT2D eigenvalue weighted by atomic mass is 10.1. The van der Waals surface area contributed by atoms with Crippen LogP contribution in [0.5, 0.6) is 5.88 Å². The molecule has 7 nitrogen and oxygen atoms in total. The molecule has 1 aromatic rings. The molecule has 0 atom stereocenters. The van der Waals surface area contributed by atoms with E-state index in [0.29, 0.717) is 12.5 Å². The van der Waals surface area contributed by atoms with E-state index < -0.39 is 4.92 Å². The van der Waals surface area contributed by atoms with Gasteiger partial charge in [0.1, 0.15) is 6.33 Å². The van der Waals surface area contributed by atoms with Crippen molar-refractivity contribution in [1.82, 2.24) is 9.97 Å². The van der Waals surface area contributed by atoms with Gasteiger partial charge in [-0.1, -0.05) is 12.8 Å². The van der Waals surface area contributed by atoms with E-state index >= 15 is 0 Å². The van der Waals surface area contributed by atoms with Crippen molar-refractivity contribution in [3.8, 4) is 5.88 Å². The van der Waals surface area contributed by atoms with E-state index in [1.807, 2.05) is 0 Å². The van der Waals surface area contributed by atoms with Gasteiger partial charge in [-0.05, 0) is 18.8 Å². The van der Waals surface area contributed by atoms with E-state index in [1.165, 1.54) is 39.1 Å². The number of anilines is 1. The molecule has 1 aliphatic carbocycles. The van der Waals surface area contributed by atoms with Crippen molar-refractivity contribution in [2.75, 3.05) is 19.0 Å². The number of nitro groups is 1. The second-order valence-electron chi connectivity index (χ2n) is 4.37. The topological polar surface area (TPSA) is 90.2 Å². The van der Waals surface area contributed by atoms with Crippen LogP contribution in [-0.4, -0.2) is 28.5 Å². The van der Waals surface area contributed by atoms with Gasteiger partial charge in [0.25, 0.3) is 5.88 Å². The Morgan fingerprint density at radius 2 is 2.22 bits per heavy atom. The minimum Gasteiger partial charge on any atom is -0.476 e. The second kappa shape index (κ2) is 5.61. The Morgan fingerprint density at radius 1 is 1.50 bits per heavy atom. The van der Waals surface area contributed by atoms with Crippen molar-refractivity contribution in [1.29, 1.82) is 0 Å². The Morgan fingerprint density at radius 3 is 2.83 bits per heavy atom. The van der Waals surface area contributed by atoms with E-state index in [-0.39, 0.29) is 17.4 Å². The van der Waals surface area contributed by atoms with Gasteiger partial charge in [0.15, 0.2) is 0 Å². The van der Waals surface area contributed by atoms with Crippen LogP contribution in [0.25, 0.3) is 0 Å². The van der Waals surface area contributed by atoms with Crippen molar-refractivity contribution < 1.29 is 9.66 Å². The third-order valence-electron chi connectivity index (χ3n) is 3.20. The van der Waals surface area contributed by atoms with Gasteiger partial charge in [-0.3, -0.25) is 10.1 Å². The maximum Gasteiger partial charge on any atom is 0.372 e. The molecule has 0 aliphatic heterocycles. The van der Waals surface area contributed by atoms with E-state index in [9.17, 15) is 10.1 Å². The van der Waals surface area contributed by atoms with E-state index in [4.69, 9.17) is 4.74 Å². The van der Waals surface area contributed by atoms with Crippen molar-refractivity contribution in [3.05, 3.63) is 16.4 Å². The monoisotopic (exact) mass is 252 g/mol. The summed E-state index contributed by atoms with van der Waals surface area (Å²) in [7, 11) is 1.36. The average molecular weight is 252 g/mol. The van der Waals surface area contributed by atoms with Crippen LogP contribution >= 0.6 is 0 Å². The van der Waals surface area contributed by atoms with Crippen molar-refractivity contribution in [2.45, 2.75) is 25.7 Å². The molecular formula is C11H16N4O3. The number of nitrogens with one attached hydrogen (secondary N) is 1. The third kappa shape index (κ3) is 2.66. The smallest absolute Gasteiger partial charge is 0.372 e. The molecule has 1 heterocycles. The van der Waals surface area contributed by atoms with E-state index in [2.05, 4.69) is 15.3 Å². The lowest BCUT2D eigenvalue weighted by molar-refractivity contribution is -0.385. The first-order valence-corrected chi connectivity index (χ1v) is 5.99. The predicted molar refractivity (Wildman–Crippen MR) is 65.7 cm³/mol. The van der Waals surface area contributed by atoms with Gasteiger partial charge in [0, 0.05) is 6.54 Å². The number of rotatable bonds is 5. The van der Waals surface area contributed by atoms with Crippen LogP contribution in [0.1, 0.15) is 25.7 Å². The minimum absolute atomic E-state index is 0.0103. The van der Waals surface area contributed by atoms with Gasteiger partial charge in [0.05, 0.1) is 12.0 Å². The Kier molecular flexibility index (Phi) is 3.91. The standard InChI is InChI=1S/C11H16N4O3/c1-18-11-9(15(16)17)10(13-7-14-11)12-6-8-4-2-3-5-8/h7-8H,2-6H2,1H3,(H,12,13,14). The molecule has 98 valence electrons. The first-order valence-electron chi connectivity index (χ1n) is 5.99. The van der Waals surface area contributed by atoms with Gasteiger partial charge < -0.3 is 10.1 Å². The van der Waals surface area contributed by atoms with Gasteiger partial charge in [-0.25, -0.2) is 4.98 Å². The number of methoxy groups -OCH3 is 1. The Hall–Kier alpha value is -1.92. The van der Waals surface area contributed by atoms with Crippen LogP contribution < -0.4 is 10.1 Å². The minimum atomic E-state index is -0.518. The van der Waals surface area contributed by atoms with Crippen LogP contribution in [-0.2, 0) is 0 Å². The van der Waals surface area contributed by atoms with Crippen molar-refractivity contribution in [3.63, 3.8) is 0 Å². The first-order chi connectivity index (χ1) is 8.72. The van der Waals surface area contributed by atoms with E-state index in [1.54, 1.807) is 0 Å². The SMILES string of the molecule is COc1ncnc(NCC2CCCC2)c1[N+](=O)[O-]. The van der Waals surface area contributed by atoms with Gasteiger partial charge >= 0.3 is 5.69 Å².